The lowest BCUT2D eigenvalue weighted by molar-refractivity contribution is 0.190. The van der Waals surface area contributed by atoms with Gasteiger partial charge in [-0.2, -0.15) is 5.10 Å². The maximum Gasteiger partial charge on any atom is 0.161 e. The molecular formula is C13H26N4O2. The number of likely N-dealkylation sites (N-methyl/N-ethyl adjacent to an activating group) is 1. The lowest BCUT2D eigenvalue weighted by Crippen LogP contribution is -2.23. The van der Waals surface area contributed by atoms with Crippen molar-refractivity contribution >= 4 is 0 Å². The molecule has 1 atom stereocenters. The minimum atomic E-state index is -0.0743. The van der Waals surface area contributed by atoms with Gasteiger partial charge in [0.1, 0.15) is 0 Å². The van der Waals surface area contributed by atoms with E-state index in [0.717, 1.165) is 44.0 Å². The van der Waals surface area contributed by atoms with Gasteiger partial charge in [-0.3, -0.25) is 4.68 Å². The van der Waals surface area contributed by atoms with Crippen LogP contribution in [0.25, 0.3) is 0 Å². The van der Waals surface area contributed by atoms with Crippen LogP contribution in [0.3, 0.4) is 0 Å². The van der Waals surface area contributed by atoms with Gasteiger partial charge in [-0.05, 0) is 26.9 Å². The SMILES string of the molecule is COCCCC(N)c1c(OC)cnn1CCN(C)C. The Kier molecular flexibility index (Phi) is 6.83. The molecule has 19 heavy (non-hydrogen) atoms. The standard InChI is InChI=1S/C13H26N4O2/c1-16(2)7-8-17-13(12(19-4)10-15-17)11(14)6-5-9-18-3/h10-11H,5-9,14H2,1-4H3. The average molecular weight is 270 g/mol. The van der Waals surface area contributed by atoms with Crippen molar-refractivity contribution in [1.29, 1.82) is 0 Å². The largest absolute Gasteiger partial charge is 0.493 e. The zero-order valence-electron chi connectivity index (χ0n) is 12.4. The summed E-state index contributed by atoms with van der Waals surface area (Å²) in [5.74, 6) is 0.767. The number of nitrogens with two attached hydrogens (primary N) is 1. The number of ether oxygens (including phenoxy) is 2. The Labute approximate surface area is 115 Å². The molecule has 110 valence electrons. The molecule has 0 spiro atoms. The molecule has 1 heterocycles. The first kappa shape index (κ1) is 15.9. The van der Waals surface area contributed by atoms with Gasteiger partial charge in [-0.15, -0.1) is 0 Å². The Bertz CT molecular complexity index is 366. The Morgan fingerprint density at radius 2 is 2.16 bits per heavy atom. The summed E-state index contributed by atoms with van der Waals surface area (Å²) in [5.41, 5.74) is 7.23. The summed E-state index contributed by atoms with van der Waals surface area (Å²) in [6.45, 7) is 2.45. The molecule has 6 nitrogen and oxygen atoms in total. The highest BCUT2D eigenvalue weighted by Crippen LogP contribution is 2.26. The van der Waals surface area contributed by atoms with Gasteiger partial charge in [0.25, 0.3) is 0 Å². The smallest absolute Gasteiger partial charge is 0.161 e. The Morgan fingerprint density at radius 3 is 2.74 bits per heavy atom. The van der Waals surface area contributed by atoms with E-state index < -0.39 is 0 Å². The van der Waals surface area contributed by atoms with Crippen molar-refractivity contribution in [2.24, 2.45) is 5.73 Å². The van der Waals surface area contributed by atoms with Crippen molar-refractivity contribution in [3.8, 4) is 5.75 Å². The van der Waals surface area contributed by atoms with E-state index in [9.17, 15) is 0 Å². The predicted octanol–water partition coefficient (Wildman–Crippen LogP) is 0.880. The fourth-order valence-electron chi connectivity index (χ4n) is 1.97. The molecule has 0 saturated carbocycles. The average Bonchev–Trinajstić information content (AvgIpc) is 2.79. The summed E-state index contributed by atoms with van der Waals surface area (Å²) < 4.78 is 12.4. The van der Waals surface area contributed by atoms with Crippen molar-refractivity contribution in [3.05, 3.63) is 11.9 Å². The molecule has 1 rings (SSSR count). The van der Waals surface area contributed by atoms with E-state index in [0.29, 0.717) is 0 Å². The van der Waals surface area contributed by atoms with E-state index in [1.54, 1.807) is 20.4 Å². The van der Waals surface area contributed by atoms with Crippen molar-refractivity contribution in [3.63, 3.8) is 0 Å². The lowest BCUT2D eigenvalue weighted by Gasteiger charge is -2.17. The summed E-state index contributed by atoms with van der Waals surface area (Å²) in [6.07, 6.45) is 3.53. The monoisotopic (exact) mass is 270 g/mol. The van der Waals surface area contributed by atoms with E-state index in [2.05, 4.69) is 10.00 Å². The molecular weight excluding hydrogens is 244 g/mol. The molecule has 0 aliphatic heterocycles. The van der Waals surface area contributed by atoms with Gasteiger partial charge in [0.2, 0.25) is 0 Å². The van der Waals surface area contributed by atoms with Gasteiger partial charge in [-0.1, -0.05) is 0 Å². The first-order chi connectivity index (χ1) is 9.10. The Hall–Kier alpha value is -1.11. The molecule has 1 aromatic rings. The van der Waals surface area contributed by atoms with Gasteiger partial charge in [-0.25, -0.2) is 0 Å². The van der Waals surface area contributed by atoms with E-state index in [1.165, 1.54) is 0 Å². The van der Waals surface area contributed by atoms with Crippen LogP contribution in [-0.2, 0) is 11.3 Å². The molecule has 1 aromatic heterocycles. The normalized spacial score (nSPS) is 12.9. The second-order valence-electron chi connectivity index (χ2n) is 4.87. The third-order valence-electron chi connectivity index (χ3n) is 3.04. The summed E-state index contributed by atoms with van der Waals surface area (Å²) in [6, 6.07) is -0.0743. The van der Waals surface area contributed by atoms with Crippen LogP contribution in [0, 0.1) is 0 Å². The zero-order chi connectivity index (χ0) is 14.3. The molecule has 0 saturated heterocycles. The first-order valence-corrected chi connectivity index (χ1v) is 6.59. The van der Waals surface area contributed by atoms with Gasteiger partial charge >= 0.3 is 0 Å². The minimum Gasteiger partial charge on any atom is -0.493 e. The van der Waals surface area contributed by atoms with Gasteiger partial charge in [0, 0.05) is 20.3 Å². The maximum absolute atomic E-state index is 6.25. The van der Waals surface area contributed by atoms with E-state index in [-0.39, 0.29) is 6.04 Å². The van der Waals surface area contributed by atoms with Gasteiger partial charge in [0.05, 0.1) is 31.6 Å². The van der Waals surface area contributed by atoms with Crippen molar-refractivity contribution in [1.82, 2.24) is 14.7 Å². The van der Waals surface area contributed by atoms with Crippen LogP contribution < -0.4 is 10.5 Å². The molecule has 6 heteroatoms. The number of nitrogens with zero attached hydrogens (tertiary/aromatic N) is 3. The van der Waals surface area contributed by atoms with Gasteiger partial charge < -0.3 is 20.1 Å². The molecule has 0 aliphatic carbocycles. The number of methoxy groups -OCH3 is 2. The quantitative estimate of drug-likeness (QED) is 0.675. The highest BCUT2D eigenvalue weighted by molar-refractivity contribution is 5.28. The Morgan fingerprint density at radius 1 is 1.42 bits per heavy atom. The minimum absolute atomic E-state index is 0.0743. The summed E-state index contributed by atoms with van der Waals surface area (Å²) >= 11 is 0. The summed E-state index contributed by atoms with van der Waals surface area (Å²) in [5, 5.41) is 4.36. The second-order valence-corrected chi connectivity index (χ2v) is 4.87. The number of aromatic nitrogens is 2. The number of rotatable bonds is 9. The van der Waals surface area contributed by atoms with Crippen LogP contribution in [0.2, 0.25) is 0 Å². The molecule has 0 fully saturated rings. The van der Waals surface area contributed by atoms with Crippen LogP contribution in [0.4, 0.5) is 0 Å². The van der Waals surface area contributed by atoms with Crippen molar-refractivity contribution < 1.29 is 9.47 Å². The molecule has 0 amide bonds. The molecule has 0 bridgehead atoms. The van der Waals surface area contributed by atoms with Crippen LogP contribution in [0.1, 0.15) is 24.6 Å². The third kappa shape index (κ3) is 4.81. The molecule has 0 aromatic carbocycles. The first-order valence-electron chi connectivity index (χ1n) is 6.59. The zero-order valence-corrected chi connectivity index (χ0v) is 12.4. The molecule has 2 N–H and O–H groups in total. The summed E-state index contributed by atoms with van der Waals surface area (Å²) in [7, 11) is 7.43. The highest BCUT2D eigenvalue weighted by Gasteiger charge is 2.18. The molecule has 0 aliphatic rings. The third-order valence-corrected chi connectivity index (χ3v) is 3.04. The number of hydrogen-bond acceptors (Lipinski definition) is 5. The van der Waals surface area contributed by atoms with Crippen LogP contribution in [-0.4, -0.2) is 56.1 Å². The van der Waals surface area contributed by atoms with Crippen LogP contribution in [0.15, 0.2) is 6.20 Å². The van der Waals surface area contributed by atoms with E-state index >= 15 is 0 Å². The van der Waals surface area contributed by atoms with E-state index in [1.807, 2.05) is 18.8 Å². The molecule has 1 unspecified atom stereocenters. The molecule has 0 radical (unpaired) electrons. The summed E-state index contributed by atoms with van der Waals surface area (Å²) in [4.78, 5) is 2.12. The number of hydrogen-bond donors (Lipinski definition) is 1. The fourth-order valence-corrected chi connectivity index (χ4v) is 1.97. The Balaban J connectivity index is 2.73. The van der Waals surface area contributed by atoms with E-state index in [4.69, 9.17) is 15.2 Å². The van der Waals surface area contributed by atoms with Gasteiger partial charge in [0.15, 0.2) is 5.75 Å². The fraction of sp³-hybridized carbons (Fsp3) is 0.769. The predicted molar refractivity (Wildman–Crippen MR) is 75.4 cm³/mol. The maximum atomic E-state index is 6.25. The highest BCUT2D eigenvalue weighted by atomic mass is 16.5. The van der Waals surface area contributed by atoms with Crippen molar-refractivity contribution in [2.45, 2.75) is 25.4 Å². The van der Waals surface area contributed by atoms with Crippen LogP contribution in [0.5, 0.6) is 5.75 Å². The lowest BCUT2D eigenvalue weighted by atomic mass is 10.1. The second kappa shape index (κ2) is 8.14. The topological polar surface area (TPSA) is 65.5 Å². The van der Waals surface area contributed by atoms with Crippen molar-refractivity contribution in [2.75, 3.05) is 41.5 Å². The van der Waals surface area contributed by atoms with Crippen LogP contribution >= 0.6 is 0 Å².